The molecule has 0 saturated carbocycles. The highest BCUT2D eigenvalue weighted by Crippen LogP contribution is 2.42. The maximum absolute atomic E-state index is 12.2. The molecule has 4 aromatic rings. The van der Waals surface area contributed by atoms with Gasteiger partial charge in [0.2, 0.25) is 0 Å². The van der Waals surface area contributed by atoms with Gasteiger partial charge < -0.3 is 0 Å². The normalized spacial score (nSPS) is 11.7. The highest BCUT2D eigenvalue weighted by atomic mass is 32.2. The van der Waals surface area contributed by atoms with Gasteiger partial charge in [-0.2, -0.15) is 16.8 Å². The fraction of sp³-hybridized carbons (Fsp3) is 0. The minimum Gasteiger partial charge on any atom is -0.282 e. The SMILES string of the molecule is C=Cc1ccc(-c2ccc(C=C)cc2-c2ccccc2S(=O)(=O)O)c(-c2ccccc2S(=O)(=O)O)c1. The monoisotopic (exact) mass is 518 g/mol. The Morgan fingerprint density at radius 2 is 0.861 bits per heavy atom. The molecule has 0 radical (unpaired) electrons. The van der Waals surface area contributed by atoms with Gasteiger partial charge in [-0.25, -0.2) is 0 Å². The molecule has 0 heterocycles. The third kappa shape index (κ3) is 4.93. The summed E-state index contributed by atoms with van der Waals surface area (Å²) in [6.07, 6.45) is 3.22. The highest BCUT2D eigenvalue weighted by molar-refractivity contribution is 7.86. The smallest absolute Gasteiger partial charge is 0.282 e. The van der Waals surface area contributed by atoms with E-state index < -0.39 is 20.2 Å². The van der Waals surface area contributed by atoms with Crippen LogP contribution in [0.25, 0.3) is 45.5 Å². The maximum atomic E-state index is 12.2. The van der Waals surface area contributed by atoms with E-state index in [0.29, 0.717) is 33.4 Å². The Labute approximate surface area is 210 Å². The molecule has 0 aliphatic heterocycles. The second-order valence-electron chi connectivity index (χ2n) is 7.96. The number of hydrogen-bond donors (Lipinski definition) is 2. The summed E-state index contributed by atoms with van der Waals surface area (Å²) in [6.45, 7) is 7.59. The Hall–Kier alpha value is -3.82. The second-order valence-corrected chi connectivity index (χ2v) is 10.7. The van der Waals surface area contributed by atoms with Crippen LogP contribution >= 0.6 is 0 Å². The fourth-order valence-corrected chi connectivity index (χ4v) is 5.53. The van der Waals surface area contributed by atoms with Crippen molar-refractivity contribution in [2.24, 2.45) is 0 Å². The molecule has 36 heavy (non-hydrogen) atoms. The van der Waals surface area contributed by atoms with Crippen LogP contribution in [0.1, 0.15) is 11.1 Å². The molecule has 6 nitrogen and oxygen atoms in total. The molecule has 182 valence electrons. The molecule has 0 fully saturated rings. The van der Waals surface area contributed by atoms with Gasteiger partial charge in [-0.05, 0) is 57.6 Å². The first kappa shape index (κ1) is 25.3. The van der Waals surface area contributed by atoms with Crippen molar-refractivity contribution in [3.8, 4) is 33.4 Å². The van der Waals surface area contributed by atoms with Gasteiger partial charge in [0.1, 0.15) is 9.79 Å². The van der Waals surface area contributed by atoms with E-state index in [9.17, 15) is 25.9 Å². The fourth-order valence-electron chi connectivity index (χ4n) is 4.12. The Balaban J connectivity index is 2.13. The van der Waals surface area contributed by atoms with Crippen LogP contribution < -0.4 is 0 Å². The zero-order valence-electron chi connectivity index (χ0n) is 19.0. The lowest BCUT2D eigenvalue weighted by Gasteiger charge is -2.18. The van der Waals surface area contributed by atoms with Gasteiger partial charge in [-0.3, -0.25) is 9.11 Å². The van der Waals surface area contributed by atoms with Crippen molar-refractivity contribution in [1.29, 1.82) is 0 Å². The van der Waals surface area contributed by atoms with Crippen LogP contribution in [0.2, 0.25) is 0 Å². The average Bonchev–Trinajstić information content (AvgIpc) is 2.87. The standard InChI is InChI=1S/C28H22O6S2/c1-3-19-13-15-21(25(17-19)23-9-5-7-11-27(23)35(29,30)31)22-16-14-20(4-2)18-26(22)24-10-6-8-12-28(24)36(32,33)34/h3-18H,1-2H2,(H,29,30,31)(H,32,33,34). The Morgan fingerprint density at radius 1 is 0.500 bits per heavy atom. The number of rotatable bonds is 7. The third-order valence-corrected chi connectivity index (χ3v) is 7.58. The van der Waals surface area contributed by atoms with E-state index in [2.05, 4.69) is 13.2 Å². The average molecular weight is 519 g/mol. The van der Waals surface area contributed by atoms with Crippen molar-refractivity contribution >= 4 is 32.4 Å². The van der Waals surface area contributed by atoms with E-state index in [1.165, 1.54) is 24.3 Å². The first-order chi connectivity index (χ1) is 17.0. The van der Waals surface area contributed by atoms with E-state index in [1.54, 1.807) is 72.8 Å². The van der Waals surface area contributed by atoms with Crippen LogP contribution in [0.3, 0.4) is 0 Å². The van der Waals surface area contributed by atoms with Gasteiger partial charge >= 0.3 is 0 Å². The topological polar surface area (TPSA) is 109 Å². The molecule has 4 rings (SSSR count). The van der Waals surface area contributed by atoms with Crippen molar-refractivity contribution < 1.29 is 25.9 Å². The minimum absolute atomic E-state index is 0.264. The van der Waals surface area contributed by atoms with Gasteiger partial charge in [0, 0.05) is 11.1 Å². The predicted octanol–water partition coefficient (Wildman–Crippen LogP) is 6.47. The van der Waals surface area contributed by atoms with Crippen LogP contribution in [0.4, 0.5) is 0 Å². The third-order valence-electron chi connectivity index (χ3n) is 5.76. The molecular formula is C28H22O6S2. The molecule has 2 N–H and O–H groups in total. The quantitative estimate of drug-likeness (QED) is 0.272. The summed E-state index contributed by atoms with van der Waals surface area (Å²) in [5.74, 6) is 0. The van der Waals surface area contributed by atoms with Gasteiger partial charge in [0.15, 0.2) is 0 Å². The van der Waals surface area contributed by atoms with Crippen molar-refractivity contribution in [2.45, 2.75) is 9.79 Å². The van der Waals surface area contributed by atoms with Gasteiger partial charge in [0.25, 0.3) is 20.2 Å². The van der Waals surface area contributed by atoms with Crippen LogP contribution in [-0.2, 0) is 20.2 Å². The van der Waals surface area contributed by atoms with Crippen LogP contribution in [0.15, 0.2) is 108 Å². The number of benzene rings is 4. The zero-order chi connectivity index (χ0) is 26.1. The Morgan fingerprint density at radius 3 is 1.19 bits per heavy atom. The molecule has 4 aromatic carbocycles. The molecular weight excluding hydrogens is 496 g/mol. The van der Waals surface area contributed by atoms with Crippen molar-refractivity contribution in [2.75, 3.05) is 0 Å². The summed E-state index contributed by atoms with van der Waals surface area (Å²) >= 11 is 0. The lowest BCUT2D eigenvalue weighted by Crippen LogP contribution is -2.03. The first-order valence-electron chi connectivity index (χ1n) is 10.7. The van der Waals surface area contributed by atoms with Crippen LogP contribution in [0, 0.1) is 0 Å². The van der Waals surface area contributed by atoms with E-state index in [-0.39, 0.29) is 20.9 Å². The molecule has 0 saturated heterocycles. The molecule has 0 spiro atoms. The molecule has 0 aliphatic rings. The lowest BCUT2D eigenvalue weighted by atomic mass is 9.87. The highest BCUT2D eigenvalue weighted by Gasteiger charge is 2.23. The van der Waals surface area contributed by atoms with Gasteiger partial charge in [-0.15, -0.1) is 0 Å². The van der Waals surface area contributed by atoms with Gasteiger partial charge in [-0.1, -0.05) is 86.0 Å². The largest absolute Gasteiger partial charge is 0.295 e. The summed E-state index contributed by atoms with van der Waals surface area (Å²) in [7, 11) is -9.10. The van der Waals surface area contributed by atoms with Gasteiger partial charge in [0.05, 0.1) is 0 Å². The lowest BCUT2D eigenvalue weighted by molar-refractivity contribution is 0.481. The molecule has 0 atom stereocenters. The summed E-state index contributed by atoms with van der Waals surface area (Å²) < 4.78 is 68.5. The summed E-state index contributed by atoms with van der Waals surface area (Å²) in [4.78, 5) is -0.537. The van der Waals surface area contributed by atoms with Crippen LogP contribution in [-0.4, -0.2) is 25.9 Å². The zero-order valence-corrected chi connectivity index (χ0v) is 20.6. The van der Waals surface area contributed by atoms with E-state index in [1.807, 2.05) is 0 Å². The van der Waals surface area contributed by atoms with Crippen molar-refractivity contribution in [1.82, 2.24) is 0 Å². The Bertz CT molecular complexity index is 1590. The van der Waals surface area contributed by atoms with E-state index >= 15 is 0 Å². The molecule has 0 aromatic heterocycles. The van der Waals surface area contributed by atoms with E-state index in [0.717, 1.165) is 0 Å². The molecule has 0 amide bonds. The molecule has 0 aliphatic carbocycles. The summed E-state index contributed by atoms with van der Waals surface area (Å²) in [5, 5.41) is 0. The first-order valence-corrected chi connectivity index (χ1v) is 13.6. The predicted molar refractivity (Wildman–Crippen MR) is 143 cm³/mol. The maximum Gasteiger partial charge on any atom is 0.295 e. The molecule has 0 unspecified atom stereocenters. The van der Waals surface area contributed by atoms with E-state index in [4.69, 9.17) is 0 Å². The summed E-state index contributed by atoms with van der Waals surface area (Å²) in [6, 6.07) is 22.7. The minimum atomic E-state index is -4.55. The molecule has 0 bridgehead atoms. The Kier molecular flexibility index (Phi) is 6.79. The second kappa shape index (κ2) is 9.67. The van der Waals surface area contributed by atoms with Crippen molar-refractivity contribution in [3.05, 3.63) is 109 Å². The van der Waals surface area contributed by atoms with Crippen LogP contribution in [0.5, 0.6) is 0 Å². The van der Waals surface area contributed by atoms with Crippen molar-refractivity contribution in [3.63, 3.8) is 0 Å². The molecule has 8 heteroatoms. The summed E-state index contributed by atoms with van der Waals surface area (Å²) in [5.41, 5.74) is 4.07. The number of hydrogen-bond acceptors (Lipinski definition) is 4.